The molecule has 0 spiro atoms. The summed E-state index contributed by atoms with van der Waals surface area (Å²) < 4.78 is 5.93. The molecule has 2 aromatic rings. The minimum Gasteiger partial charge on any atom is -0.465 e. The van der Waals surface area contributed by atoms with E-state index in [0.717, 1.165) is 42.5 Å². The number of methoxy groups -OCH3 is 1. The Kier molecular flexibility index (Phi) is 7.85. The van der Waals surface area contributed by atoms with Crippen LogP contribution in [0.3, 0.4) is 0 Å². The SMILES string of the molecule is COC(=O)c1cccc(C(C#N)(CCC#N)C2CCN(Cc3ccc(Br)cc3)CC2)c1. The summed E-state index contributed by atoms with van der Waals surface area (Å²) in [6.07, 6.45) is 2.51. The number of nitriles is 2. The topological polar surface area (TPSA) is 77.1 Å². The number of hydrogen-bond donors (Lipinski definition) is 0. The van der Waals surface area contributed by atoms with E-state index in [1.54, 1.807) is 18.2 Å². The van der Waals surface area contributed by atoms with Gasteiger partial charge in [0.25, 0.3) is 0 Å². The van der Waals surface area contributed by atoms with E-state index < -0.39 is 11.4 Å². The van der Waals surface area contributed by atoms with Crippen LogP contribution in [0.4, 0.5) is 0 Å². The fourth-order valence-electron chi connectivity index (χ4n) is 4.52. The van der Waals surface area contributed by atoms with Gasteiger partial charge < -0.3 is 4.74 Å². The van der Waals surface area contributed by atoms with Crippen molar-refractivity contribution in [3.05, 3.63) is 69.7 Å². The summed E-state index contributed by atoms with van der Waals surface area (Å²) in [6, 6.07) is 20.3. The van der Waals surface area contributed by atoms with Crippen molar-refractivity contribution >= 4 is 21.9 Å². The summed E-state index contributed by atoms with van der Waals surface area (Å²) >= 11 is 3.47. The van der Waals surface area contributed by atoms with Crippen LogP contribution in [0.15, 0.2) is 53.0 Å². The molecule has 0 amide bonds. The van der Waals surface area contributed by atoms with E-state index in [4.69, 9.17) is 4.74 Å². The molecule has 0 aliphatic carbocycles. The molecule has 1 unspecified atom stereocenters. The van der Waals surface area contributed by atoms with Gasteiger partial charge in [0.2, 0.25) is 0 Å². The molecule has 31 heavy (non-hydrogen) atoms. The Morgan fingerprint density at radius 1 is 1.19 bits per heavy atom. The molecule has 0 aromatic heterocycles. The van der Waals surface area contributed by atoms with Crippen LogP contribution in [-0.4, -0.2) is 31.1 Å². The lowest BCUT2D eigenvalue weighted by Crippen LogP contribution is -2.42. The molecule has 0 radical (unpaired) electrons. The van der Waals surface area contributed by atoms with Crippen LogP contribution in [0.2, 0.25) is 0 Å². The van der Waals surface area contributed by atoms with Gasteiger partial charge in [-0.3, -0.25) is 4.90 Å². The highest BCUT2D eigenvalue weighted by Gasteiger charge is 2.42. The number of carbonyl (C=O) groups is 1. The third kappa shape index (κ3) is 5.34. The number of ether oxygens (including phenoxy) is 1. The van der Waals surface area contributed by atoms with E-state index in [2.05, 4.69) is 57.2 Å². The first-order valence-corrected chi connectivity index (χ1v) is 11.3. The van der Waals surface area contributed by atoms with Crippen molar-refractivity contribution in [3.63, 3.8) is 0 Å². The van der Waals surface area contributed by atoms with E-state index >= 15 is 0 Å². The summed E-state index contributed by atoms with van der Waals surface area (Å²) in [5, 5.41) is 19.6. The average Bonchev–Trinajstić information content (AvgIpc) is 2.82. The molecule has 1 aliphatic rings. The first-order chi connectivity index (χ1) is 15.0. The van der Waals surface area contributed by atoms with Crippen molar-refractivity contribution < 1.29 is 9.53 Å². The number of likely N-dealkylation sites (tertiary alicyclic amines) is 1. The van der Waals surface area contributed by atoms with Crippen molar-refractivity contribution in [2.45, 2.75) is 37.6 Å². The second-order valence-electron chi connectivity index (χ2n) is 7.99. The molecule has 3 rings (SSSR count). The monoisotopic (exact) mass is 479 g/mol. The van der Waals surface area contributed by atoms with E-state index in [1.165, 1.54) is 12.7 Å². The van der Waals surface area contributed by atoms with Gasteiger partial charge in [-0.1, -0.05) is 40.2 Å². The van der Waals surface area contributed by atoms with Crippen molar-refractivity contribution in [2.24, 2.45) is 5.92 Å². The molecule has 6 heteroatoms. The predicted octanol–water partition coefficient (Wildman–Crippen LogP) is 5.21. The number of piperidine rings is 1. The Bertz CT molecular complexity index is 985. The zero-order valence-electron chi connectivity index (χ0n) is 17.7. The standard InChI is InChI=1S/C25H26BrN3O2/c1-31-24(30)20-4-2-5-22(16-20)25(18-28,12-3-13-27)21-10-14-29(15-11-21)17-19-6-8-23(26)9-7-19/h2,4-9,16,21H,3,10-12,14-15,17H2,1H3. The summed E-state index contributed by atoms with van der Waals surface area (Å²) in [5.41, 5.74) is 1.72. The van der Waals surface area contributed by atoms with Gasteiger partial charge in [0.1, 0.15) is 0 Å². The van der Waals surface area contributed by atoms with E-state index in [0.29, 0.717) is 18.4 Å². The third-order valence-electron chi connectivity index (χ3n) is 6.23. The molecule has 0 saturated carbocycles. The van der Waals surface area contributed by atoms with Crippen LogP contribution in [0.1, 0.15) is 47.2 Å². The summed E-state index contributed by atoms with van der Waals surface area (Å²) in [6.45, 7) is 2.68. The molecule has 1 atom stereocenters. The highest BCUT2D eigenvalue weighted by atomic mass is 79.9. The highest BCUT2D eigenvalue weighted by molar-refractivity contribution is 9.10. The van der Waals surface area contributed by atoms with Gasteiger partial charge >= 0.3 is 5.97 Å². The van der Waals surface area contributed by atoms with Gasteiger partial charge in [-0.15, -0.1) is 0 Å². The number of nitrogens with zero attached hydrogens (tertiary/aromatic N) is 3. The molecule has 5 nitrogen and oxygen atoms in total. The minimum atomic E-state index is -0.788. The van der Waals surface area contributed by atoms with Crippen molar-refractivity contribution in [1.82, 2.24) is 4.90 Å². The first kappa shape index (κ1) is 23.0. The number of hydrogen-bond acceptors (Lipinski definition) is 5. The normalized spacial score (nSPS) is 16.6. The molecule has 1 heterocycles. The Morgan fingerprint density at radius 2 is 1.90 bits per heavy atom. The van der Waals surface area contributed by atoms with Gasteiger partial charge in [0.05, 0.1) is 30.2 Å². The summed E-state index contributed by atoms with van der Waals surface area (Å²) in [4.78, 5) is 14.5. The second kappa shape index (κ2) is 10.6. The minimum absolute atomic E-state index is 0.125. The van der Waals surface area contributed by atoms with Gasteiger partial charge in [-0.2, -0.15) is 10.5 Å². The molecule has 1 fully saturated rings. The zero-order valence-corrected chi connectivity index (χ0v) is 19.3. The molecule has 0 bridgehead atoms. The predicted molar refractivity (Wildman–Crippen MR) is 122 cm³/mol. The lowest BCUT2D eigenvalue weighted by Gasteiger charge is -2.41. The quantitative estimate of drug-likeness (QED) is 0.509. The molecule has 1 saturated heterocycles. The van der Waals surface area contributed by atoms with Gasteiger partial charge in [0.15, 0.2) is 0 Å². The molecular formula is C25H26BrN3O2. The van der Waals surface area contributed by atoms with E-state index in [-0.39, 0.29) is 5.92 Å². The van der Waals surface area contributed by atoms with Crippen molar-refractivity contribution in [1.29, 1.82) is 10.5 Å². The van der Waals surface area contributed by atoms with Gasteiger partial charge in [-0.05, 0) is 73.7 Å². The van der Waals surface area contributed by atoms with Crippen LogP contribution in [0.25, 0.3) is 0 Å². The highest BCUT2D eigenvalue weighted by Crippen LogP contribution is 2.42. The number of benzene rings is 2. The summed E-state index contributed by atoms with van der Waals surface area (Å²) in [7, 11) is 1.35. The van der Waals surface area contributed by atoms with Crippen LogP contribution >= 0.6 is 15.9 Å². The molecular weight excluding hydrogens is 454 g/mol. The zero-order chi connectivity index (χ0) is 22.3. The van der Waals surface area contributed by atoms with E-state index in [1.807, 2.05) is 6.07 Å². The molecule has 160 valence electrons. The van der Waals surface area contributed by atoms with E-state index in [9.17, 15) is 15.3 Å². The Labute approximate surface area is 192 Å². The maximum atomic E-state index is 12.0. The Balaban J connectivity index is 1.80. The summed E-state index contributed by atoms with van der Waals surface area (Å²) in [5.74, 6) is -0.293. The van der Waals surface area contributed by atoms with Crippen molar-refractivity contribution in [2.75, 3.05) is 20.2 Å². The number of rotatable bonds is 7. The van der Waals surface area contributed by atoms with Crippen LogP contribution in [0, 0.1) is 28.6 Å². The molecule has 0 N–H and O–H groups in total. The lowest BCUT2D eigenvalue weighted by molar-refractivity contribution is 0.0600. The average molecular weight is 480 g/mol. The molecule has 2 aromatic carbocycles. The number of esters is 1. The number of halogens is 1. The maximum Gasteiger partial charge on any atom is 0.337 e. The lowest BCUT2D eigenvalue weighted by atomic mass is 9.65. The molecule has 1 aliphatic heterocycles. The first-order valence-electron chi connectivity index (χ1n) is 10.5. The van der Waals surface area contributed by atoms with Gasteiger partial charge in [-0.25, -0.2) is 4.79 Å². The largest absolute Gasteiger partial charge is 0.465 e. The second-order valence-corrected chi connectivity index (χ2v) is 8.91. The van der Waals surface area contributed by atoms with Crippen LogP contribution in [-0.2, 0) is 16.7 Å². The van der Waals surface area contributed by atoms with Crippen LogP contribution in [0.5, 0.6) is 0 Å². The fraction of sp³-hybridized carbons (Fsp3) is 0.400. The number of carbonyl (C=O) groups excluding carboxylic acids is 1. The Hall–Kier alpha value is -2.67. The van der Waals surface area contributed by atoms with Gasteiger partial charge in [0, 0.05) is 17.4 Å². The fourth-order valence-corrected chi connectivity index (χ4v) is 4.79. The Morgan fingerprint density at radius 3 is 2.52 bits per heavy atom. The smallest absolute Gasteiger partial charge is 0.337 e. The van der Waals surface area contributed by atoms with Crippen molar-refractivity contribution in [3.8, 4) is 12.1 Å². The van der Waals surface area contributed by atoms with Crippen LogP contribution < -0.4 is 0 Å². The third-order valence-corrected chi connectivity index (χ3v) is 6.76. The maximum absolute atomic E-state index is 12.0.